The first-order valence-electron chi connectivity index (χ1n) is 13.2. The first-order chi connectivity index (χ1) is 20.6. The van der Waals surface area contributed by atoms with Crippen molar-refractivity contribution in [3.63, 3.8) is 0 Å². The van der Waals surface area contributed by atoms with E-state index in [-0.39, 0.29) is 32.7 Å². The van der Waals surface area contributed by atoms with E-state index in [1.54, 1.807) is 31.2 Å². The molecule has 3 aromatic heterocycles. The van der Waals surface area contributed by atoms with Crippen molar-refractivity contribution in [3.8, 4) is 11.3 Å². The Bertz CT molecular complexity index is 1890. The quantitative estimate of drug-likeness (QED) is 0.195. The molecular formula is C29H27ClF3N5O4S2. The fourth-order valence-electron chi connectivity index (χ4n) is 4.63. The number of nitrogens with one attached hydrogen (secondary N) is 1. The Labute approximate surface area is 260 Å². The number of fused-ring (bicyclic) bond motifs is 1. The lowest BCUT2D eigenvalue weighted by Gasteiger charge is -2.27. The number of benzene rings is 1. The maximum atomic E-state index is 13.7. The van der Waals surface area contributed by atoms with Crippen LogP contribution in [0.3, 0.4) is 0 Å². The van der Waals surface area contributed by atoms with Gasteiger partial charge in [0, 0.05) is 34.1 Å². The smallest absolute Gasteiger partial charge is 0.384 e. The van der Waals surface area contributed by atoms with Crippen molar-refractivity contribution in [2.24, 2.45) is 0 Å². The number of likely N-dealkylation sites (N-methyl/N-ethyl adjacent to an activating group) is 1. The molecule has 0 saturated carbocycles. The molecule has 0 amide bonds. The third-order valence-electron chi connectivity index (χ3n) is 7.18. The molecule has 0 bridgehead atoms. The molecule has 9 nitrogen and oxygen atoms in total. The first kappa shape index (κ1) is 31.9. The van der Waals surface area contributed by atoms with Crippen LogP contribution in [-0.2, 0) is 15.6 Å². The highest BCUT2D eigenvalue weighted by atomic mass is 35.5. The van der Waals surface area contributed by atoms with E-state index in [4.69, 9.17) is 17.3 Å². The molecule has 15 heteroatoms. The molecule has 0 spiro atoms. The summed E-state index contributed by atoms with van der Waals surface area (Å²) in [6, 6.07) is 11.0. The summed E-state index contributed by atoms with van der Waals surface area (Å²) in [7, 11) is -4.22. The average molecular weight is 666 g/mol. The summed E-state index contributed by atoms with van der Waals surface area (Å²) in [6.07, 6.45) is -0.738. The van der Waals surface area contributed by atoms with E-state index in [1.165, 1.54) is 59.0 Å². The minimum absolute atomic E-state index is 0.102. The number of nitrogen functional groups attached to an aromatic ring is 1. The largest absolute Gasteiger partial charge is 0.421 e. The number of hydrogen-bond donors (Lipinski definition) is 4. The Kier molecular flexibility index (Phi) is 8.52. The van der Waals surface area contributed by atoms with Crippen LogP contribution >= 0.6 is 22.9 Å². The second-order valence-corrected chi connectivity index (χ2v) is 13.4. The number of pyridine rings is 2. The van der Waals surface area contributed by atoms with Crippen molar-refractivity contribution >= 4 is 48.9 Å². The zero-order valence-electron chi connectivity index (χ0n) is 23.2. The number of aliphatic hydroxyl groups is 2. The van der Waals surface area contributed by atoms with E-state index in [2.05, 4.69) is 14.7 Å². The third kappa shape index (κ3) is 6.05. The molecule has 1 unspecified atom stereocenters. The van der Waals surface area contributed by atoms with Gasteiger partial charge in [-0.05, 0) is 67.3 Å². The molecule has 4 heterocycles. The maximum Gasteiger partial charge on any atom is 0.421 e. The van der Waals surface area contributed by atoms with Gasteiger partial charge in [-0.25, -0.2) is 13.4 Å². The van der Waals surface area contributed by atoms with Crippen LogP contribution in [-0.4, -0.2) is 52.4 Å². The number of sulfonamides is 1. The second kappa shape index (κ2) is 11.8. The van der Waals surface area contributed by atoms with Gasteiger partial charge in [0.2, 0.25) is 10.0 Å². The van der Waals surface area contributed by atoms with Crippen LogP contribution in [0, 0.1) is 0 Å². The minimum atomic E-state index is -4.92. The molecule has 232 valence electrons. The van der Waals surface area contributed by atoms with Crippen molar-refractivity contribution in [1.29, 1.82) is 0 Å². The predicted molar refractivity (Wildman–Crippen MR) is 164 cm³/mol. The van der Waals surface area contributed by atoms with E-state index >= 15 is 0 Å². The molecule has 0 radical (unpaired) electrons. The summed E-state index contributed by atoms with van der Waals surface area (Å²) in [5.74, 6) is 0.102. The molecule has 1 aromatic carbocycles. The maximum absolute atomic E-state index is 13.7. The van der Waals surface area contributed by atoms with Gasteiger partial charge in [-0.1, -0.05) is 29.8 Å². The molecular weight excluding hydrogens is 639 g/mol. The number of rotatable bonds is 8. The molecule has 3 atom stereocenters. The number of aliphatic hydroxyl groups excluding tert-OH is 1. The van der Waals surface area contributed by atoms with Crippen LogP contribution < -0.4 is 10.5 Å². The van der Waals surface area contributed by atoms with E-state index in [9.17, 15) is 31.8 Å². The standard InChI is InChI=1S/C29H27ClF3N5O4S2/c1-3-38-15-18(7-10-24(38)39)44(41,42)37-26(25-20(30)8-9-23(34)36-25)22-13-16-5-4-6-19(27(16)43-22)21-14-17(11-12-35-21)28(2,40)29(31,32)33/h4-15,24,26,37,39-40H,3H2,1-2H3,(H2,34,36)/t24?,26-,28-/m0/s1. The van der Waals surface area contributed by atoms with Crippen LogP contribution in [0.15, 0.2) is 78.0 Å². The lowest BCUT2D eigenvalue weighted by molar-refractivity contribution is -0.258. The molecule has 5 N–H and O–H groups in total. The summed E-state index contributed by atoms with van der Waals surface area (Å²) in [6.45, 7) is 2.79. The average Bonchev–Trinajstić information content (AvgIpc) is 3.41. The molecule has 0 aliphatic carbocycles. The lowest BCUT2D eigenvalue weighted by atomic mass is 9.94. The highest BCUT2D eigenvalue weighted by molar-refractivity contribution is 7.93. The van der Waals surface area contributed by atoms with E-state index < -0.39 is 34.1 Å². The van der Waals surface area contributed by atoms with Crippen molar-refractivity contribution in [1.82, 2.24) is 19.6 Å². The topological polar surface area (TPSA) is 142 Å². The first-order valence-corrected chi connectivity index (χ1v) is 15.9. The molecule has 0 saturated heterocycles. The van der Waals surface area contributed by atoms with Crippen molar-refractivity contribution < 1.29 is 31.8 Å². The Balaban J connectivity index is 1.63. The Hall–Kier alpha value is -3.53. The van der Waals surface area contributed by atoms with Gasteiger partial charge in [0.05, 0.1) is 27.4 Å². The molecule has 1 aliphatic rings. The number of anilines is 1. The third-order valence-corrected chi connectivity index (χ3v) is 10.2. The van der Waals surface area contributed by atoms with Gasteiger partial charge in [0.15, 0.2) is 5.60 Å². The summed E-state index contributed by atoms with van der Waals surface area (Å²) >= 11 is 7.67. The van der Waals surface area contributed by atoms with Crippen LogP contribution in [0.25, 0.3) is 21.3 Å². The number of thiophene rings is 1. The van der Waals surface area contributed by atoms with Crippen LogP contribution in [0.1, 0.15) is 36.0 Å². The Morgan fingerprint density at radius 1 is 1.20 bits per heavy atom. The number of nitrogens with zero attached hydrogens (tertiary/aromatic N) is 3. The Morgan fingerprint density at radius 2 is 1.95 bits per heavy atom. The van der Waals surface area contributed by atoms with E-state index in [0.717, 1.165) is 6.07 Å². The second-order valence-electron chi connectivity index (χ2n) is 10.2. The molecule has 1 aliphatic heterocycles. The Morgan fingerprint density at radius 3 is 2.66 bits per heavy atom. The van der Waals surface area contributed by atoms with Gasteiger partial charge in [0.25, 0.3) is 0 Å². The van der Waals surface area contributed by atoms with Gasteiger partial charge in [0.1, 0.15) is 12.0 Å². The van der Waals surface area contributed by atoms with Crippen LogP contribution in [0.2, 0.25) is 5.02 Å². The normalized spacial score (nSPS) is 17.9. The summed E-state index contributed by atoms with van der Waals surface area (Å²) in [4.78, 5) is 10.4. The van der Waals surface area contributed by atoms with Gasteiger partial charge < -0.3 is 20.8 Å². The number of aromatic nitrogens is 2. The van der Waals surface area contributed by atoms with E-state index in [1.807, 2.05) is 0 Å². The fraction of sp³-hybridized carbons (Fsp3) is 0.241. The number of nitrogens with two attached hydrogens (primary N) is 1. The summed E-state index contributed by atoms with van der Waals surface area (Å²) in [5, 5.41) is 21.2. The number of allylic oxidation sites excluding steroid dienone is 1. The molecule has 5 rings (SSSR count). The zero-order valence-corrected chi connectivity index (χ0v) is 25.6. The van der Waals surface area contributed by atoms with Gasteiger partial charge in [-0.2, -0.15) is 17.9 Å². The summed E-state index contributed by atoms with van der Waals surface area (Å²) in [5.41, 5.74) is 3.24. The van der Waals surface area contributed by atoms with Gasteiger partial charge >= 0.3 is 6.18 Å². The number of hydrogen-bond acceptors (Lipinski definition) is 9. The van der Waals surface area contributed by atoms with Gasteiger partial charge in [-0.3, -0.25) is 4.98 Å². The fourth-order valence-corrected chi connectivity index (χ4v) is 7.37. The molecule has 44 heavy (non-hydrogen) atoms. The molecule has 4 aromatic rings. The monoisotopic (exact) mass is 665 g/mol. The van der Waals surface area contributed by atoms with Crippen molar-refractivity contribution in [3.05, 3.63) is 99.1 Å². The highest BCUT2D eigenvalue weighted by Gasteiger charge is 2.51. The summed E-state index contributed by atoms with van der Waals surface area (Å²) < 4.78 is 71.3. The number of alkyl halides is 3. The lowest BCUT2D eigenvalue weighted by Crippen LogP contribution is -2.39. The van der Waals surface area contributed by atoms with E-state index in [0.29, 0.717) is 34.0 Å². The predicted octanol–water partition coefficient (Wildman–Crippen LogP) is 5.42. The minimum Gasteiger partial charge on any atom is -0.384 e. The SMILES string of the molecule is CCN1C=C(S(=O)(=O)N[C@@H](c2cc3cccc(-c4cc([C@](C)(O)C(F)(F)F)ccn4)c3s2)c2nc(N)ccc2Cl)C=CC1O. The molecule has 0 fully saturated rings. The zero-order chi connectivity index (χ0) is 32.0. The van der Waals surface area contributed by atoms with Gasteiger partial charge in [-0.15, -0.1) is 11.3 Å². The van der Waals surface area contributed by atoms with Crippen LogP contribution in [0.4, 0.5) is 19.0 Å². The number of halogens is 4. The highest BCUT2D eigenvalue weighted by Crippen LogP contribution is 2.42. The van der Waals surface area contributed by atoms with Crippen molar-refractivity contribution in [2.45, 2.75) is 37.9 Å². The van der Waals surface area contributed by atoms with Crippen LogP contribution in [0.5, 0.6) is 0 Å². The van der Waals surface area contributed by atoms with Crippen molar-refractivity contribution in [2.75, 3.05) is 12.3 Å².